The molecule has 0 aliphatic carbocycles. The van der Waals surface area contributed by atoms with Crippen LogP contribution in [0.2, 0.25) is 5.02 Å². The number of halogens is 1. The molecule has 0 radical (unpaired) electrons. The summed E-state index contributed by atoms with van der Waals surface area (Å²) in [6, 6.07) is 3.71. The lowest BCUT2D eigenvalue weighted by molar-refractivity contribution is 1.30. The Kier molecular flexibility index (Phi) is 1.84. The van der Waals surface area contributed by atoms with Gasteiger partial charge >= 0.3 is 0 Å². The molecule has 2 heterocycles. The Morgan fingerprint density at radius 2 is 2.23 bits per heavy atom. The van der Waals surface area contributed by atoms with Crippen LogP contribution in [0.4, 0.5) is 0 Å². The molecule has 2 rings (SSSR count). The molecule has 0 spiro atoms. The molecule has 0 aliphatic rings. The number of fused-ring (bicyclic) bond motifs is 1. The molecule has 0 N–H and O–H groups in total. The van der Waals surface area contributed by atoms with Gasteiger partial charge in [0.15, 0.2) is 0 Å². The fraction of sp³-hybridized carbons (Fsp3) is 0. The number of hydrogen-bond donors (Lipinski definition) is 0. The summed E-state index contributed by atoms with van der Waals surface area (Å²) < 4.78 is 0. The molecule has 0 atom stereocenters. The molecule has 2 aromatic heterocycles. The number of rotatable bonds is 0. The van der Waals surface area contributed by atoms with Gasteiger partial charge in [0.2, 0.25) is 0 Å². The van der Waals surface area contributed by atoms with Crippen molar-refractivity contribution >= 4 is 22.5 Å². The lowest BCUT2D eigenvalue weighted by atomic mass is 10.2. The molecule has 4 heteroatoms. The lowest BCUT2D eigenvalue weighted by Gasteiger charge is -1.99. The number of nitriles is 1. The number of pyridine rings is 2. The van der Waals surface area contributed by atoms with E-state index in [-0.39, 0.29) is 0 Å². The van der Waals surface area contributed by atoms with Crippen molar-refractivity contribution in [3.8, 4) is 6.07 Å². The smallest absolute Gasteiger partial charge is 0.102 e. The van der Waals surface area contributed by atoms with Gasteiger partial charge in [-0.2, -0.15) is 5.26 Å². The highest BCUT2D eigenvalue weighted by atomic mass is 35.5. The fourth-order valence-electron chi connectivity index (χ4n) is 1.09. The maximum absolute atomic E-state index is 8.69. The van der Waals surface area contributed by atoms with Crippen molar-refractivity contribution in [2.45, 2.75) is 0 Å². The van der Waals surface area contributed by atoms with Crippen LogP contribution in [0.25, 0.3) is 10.9 Å². The third-order valence-corrected chi connectivity index (χ3v) is 2.13. The molecule has 0 saturated carbocycles. The molecule has 0 unspecified atom stereocenters. The molecule has 0 aromatic carbocycles. The third-order valence-electron chi connectivity index (χ3n) is 1.73. The van der Waals surface area contributed by atoms with Crippen LogP contribution in [0.5, 0.6) is 0 Å². The van der Waals surface area contributed by atoms with Crippen molar-refractivity contribution in [2.24, 2.45) is 0 Å². The molecule has 0 saturated heterocycles. The zero-order chi connectivity index (χ0) is 9.26. The first kappa shape index (κ1) is 7.96. The second kappa shape index (κ2) is 3.00. The van der Waals surface area contributed by atoms with Gasteiger partial charge in [0.1, 0.15) is 6.07 Å². The molecule has 13 heavy (non-hydrogen) atoms. The van der Waals surface area contributed by atoms with E-state index in [4.69, 9.17) is 16.9 Å². The van der Waals surface area contributed by atoms with E-state index < -0.39 is 0 Å². The minimum Gasteiger partial charge on any atom is -0.262 e. The summed E-state index contributed by atoms with van der Waals surface area (Å²) in [7, 11) is 0. The van der Waals surface area contributed by atoms with Gasteiger partial charge in [0.25, 0.3) is 0 Å². The Hall–Kier alpha value is -1.66. The fourth-order valence-corrected chi connectivity index (χ4v) is 1.34. The number of aromatic nitrogens is 2. The van der Waals surface area contributed by atoms with Crippen molar-refractivity contribution in [3.05, 3.63) is 35.2 Å². The van der Waals surface area contributed by atoms with Gasteiger partial charge < -0.3 is 0 Å². The predicted octanol–water partition coefficient (Wildman–Crippen LogP) is 2.15. The Morgan fingerprint density at radius 3 is 3.00 bits per heavy atom. The Morgan fingerprint density at radius 1 is 1.38 bits per heavy atom. The molecule has 3 nitrogen and oxygen atoms in total. The molecule has 0 aliphatic heterocycles. The van der Waals surface area contributed by atoms with Crippen LogP contribution in [-0.4, -0.2) is 9.97 Å². The van der Waals surface area contributed by atoms with Gasteiger partial charge in [-0.3, -0.25) is 9.97 Å². The largest absolute Gasteiger partial charge is 0.262 e. The molecule has 62 valence electrons. The minimum absolute atomic E-state index is 0.389. The normalized spacial score (nSPS) is 9.85. The predicted molar refractivity (Wildman–Crippen MR) is 49.3 cm³/mol. The quantitative estimate of drug-likeness (QED) is 0.638. The molecule has 2 aromatic rings. The van der Waals surface area contributed by atoms with E-state index in [1.165, 1.54) is 6.20 Å². The summed E-state index contributed by atoms with van der Waals surface area (Å²) in [4.78, 5) is 7.95. The zero-order valence-corrected chi connectivity index (χ0v) is 7.28. The topological polar surface area (TPSA) is 49.6 Å². The standard InChI is InChI=1S/C9H4ClN3/c10-9-6(3-11)4-13-8-5-12-2-1-7(8)9/h1-2,4-5H. The molecule has 0 bridgehead atoms. The average Bonchev–Trinajstić information content (AvgIpc) is 2.19. The van der Waals surface area contributed by atoms with E-state index in [1.807, 2.05) is 6.07 Å². The molecule has 0 fully saturated rings. The van der Waals surface area contributed by atoms with Crippen LogP contribution in [-0.2, 0) is 0 Å². The first-order valence-electron chi connectivity index (χ1n) is 3.61. The van der Waals surface area contributed by atoms with Crippen LogP contribution in [0.1, 0.15) is 5.56 Å². The maximum atomic E-state index is 8.69. The van der Waals surface area contributed by atoms with E-state index >= 15 is 0 Å². The summed E-state index contributed by atoms with van der Waals surface area (Å²) in [6.45, 7) is 0. The Bertz CT molecular complexity index is 502. The van der Waals surface area contributed by atoms with Crippen LogP contribution in [0.15, 0.2) is 24.7 Å². The first-order valence-corrected chi connectivity index (χ1v) is 3.99. The Labute approximate surface area is 79.6 Å². The number of nitrogens with zero attached hydrogens (tertiary/aromatic N) is 3. The van der Waals surface area contributed by atoms with Gasteiger partial charge in [-0.1, -0.05) is 11.6 Å². The van der Waals surface area contributed by atoms with Gasteiger partial charge in [-0.25, -0.2) is 0 Å². The summed E-state index contributed by atoms with van der Waals surface area (Å²) >= 11 is 5.95. The summed E-state index contributed by atoms with van der Waals surface area (Å²) in [6.07, 6.45) is 4.69. The van der Waals surface area contributed by atoms with Crippen molar-refractivity contribution in [3.63, 3.8) is 0 Å². The second-order valence-electron chi connectivity index (χ2n) is 2.49. The van der Waals surface area contributed by atoms with Gasteiger partial charge in [0, 0.05) is 17.8 Å². The Balaban J connectivity index is 2.89. The first-order chi connectivity index (χ1) is 6.33. The van der Waals surface area contributed by atoms with Crippen molar-refractivity contribution in [1.29, 1.82) is 5.26 Å². The molecular weight excluding hydrogens is 186 g/mol. The van der Waals surface area contributed by atoms with E-state index in [9.17, 15) is 0 Å². The van der Waals surface area contributed by atoms with Crippen LogP contribution in [0, 0.1) is 11.3 Å². The van der Waals surface area contributed by atoms with Gasteiger partial charge in [-0.15, -0.1) is 0 Å². The van der Waals surface area contributed by atoms with E-state index in [2.05, 4.69) is 9.97 Å². The highest BCUT2D eigenvalue weighted by Crippen LogP contribution is 2.23. The van der Waals surface area contributed by atoms with Crippen molar-refractivity contribution < 1.29 is 0 Å². The van der Waals surface area contributed by atoms with Crippen LogP contribution >= 0.6 is 11.6 Å². The van der Waals surface area contributed by atoms with Crippen molar-refractivity contribution in [1.82, 2.24) is 9.97 Å². The van der Waals surface area contributed by atoms with Crippen LogP contribution in [0.3, 0.4) is 0 Å². The third kappa shape index (κ3) is 1.21. The average molecular weight is 190 g/mol. The molecular formula is C9H4ClN3. The highest BCUT2D eigenvalue weighted by Gasteiger charge is 2.04. The SMILES string of the molecule is N#Cc1cnc2cnccc2c1Cl. The summed E-state index contributed by atoms with van der Waals surface area (Å²) in [5, 5.41) is 9.89. The summed E-state index contributed by atoms with van der Waals surface area (Å²) in [5.41, 5.74) is 1.09. The van der Waals surface area contributed by atoms with Crippen LogP contribution < -0.4 is 0 Å². The molecule has 0 amide bonds. The zero-order valence-electron chi connectivity index (χ0n) is 6.53. The summed E-state index contributed by atoms with van der Waals surface area (Å²) in [5.74, 6) is 0. The monoisotopic (exact) mass is 189 g/mol. The van der Waals surface area contributed by atoms with E-state index in [1.54, 1.807) is 18.5 Å². The van der Waals surface area contributed by atoms with Gasteiger partial charge in [-0.05, 0) is 6.07 Å². The maximum Gasteiger partial charge on any atom is 0.102 e. The second-order valence-corrected chi connectivity index (χ2v) is 2.87. The number of hydrogen-bond acceptors (Lipinski definition) is 3. The van der Waals surface area contributed by atoms with E-state index in [0.29, 0.717) is 16.1 Å². The van der Waals surface area contributed by atoms with E-state index in [0.717, 1.165) is 5.39 Å². The lowest BCUT2D eigenvalue weighted by Crippen LogP contribution is -1.85. The minimum atomic E-state index is 0.389. The highest BCUT2D eigenvalue weighted by molar-refractivity contribution is 6.36. The van der Waals surface area contributed by atoms with Gasteiger partial charge in [0.05, 0.1) is 22.3 Å². The van der Waals surface area contributed by atoms with Crippen molar-refractivity contribution in [2.75, 3.05) is 0 Å².